The fourth-order valence-electron chi connectivity index (χ4n) is 0.949. The molecule has 7 nitrogen and oxygen atoms in total. The van der Waals surface area contributed by atoms with Gasteiger partial charge in [0.25, 0.3) is 0 Å². The summed E-state index contributed by atoms with van der Waals surface area (Å²) >= 11 is 1.21. The van der Waals surface area contributed by atoms with Gasteiger partial charge in [-0.15, -0.1) is 0 Å². The summed E-state index contributed by atoms with van der Waals surface area (Å²) in [5.74, 6) is -0.126. The number of carbonyl (C=O) groups is 1. The molecule has 104 valence electrons. The molecular weight excluding hydrogens is 258 g/mol. The minimum atomic E-state index is -0.926. The second kappa shape index (κ2) is 8.20. The summed E-state index contributed by atoms with van der Waals surface area (Å²) in [6, 6.07) is -0.926. The topological polar surface area (TPSA) is 116 Å². The van der Waals surface area contributed by atoms with Gasteiger partial charge in [0.05, 0.1) is 12.7 Å². The lowest BCUT2D eigenvalue weighted by Gasteiger charge is -2.22. The number of hydrogen-bond acceptors (Lipinski definition) is 6. The van der Waals surface area contributed by atoms with Crippen LogP contribution in [0.1, 0.15) is 20.8 Å². The Morgan fingerprint density at radius 1 is 1.50 bits per heavy atom. The van der Waals surface area contributed by atoms with E-state index in [9.17, 15) is 4.79 Å². The first kappa shape index (κ1) is 17.1. The monoisotopic (exact) mass is 277 g/mol. The number of azide groups is 1. The van der Waals surface area contributed by atoms with E-state index < -0.39 is 23.7 Å². The Kier molecular flexibility index (Phi) is 7.77. The van der Waals surface area contributed by atoms with Gasteiger partial charge in [0.1, 0.15) is 11.6 Å². The minimum absolute atomic E-state index is 0.204. The number of rotatable bonds is 7. The molecule has 8 heteroatoms. The molecule has 2 atom stereocenters. The Hall–Kier alpha value is -0.950. The maximum absolute atomic E-state index is 11.7. The lowest BCUT2D eigenvalue weighted by molar-refractivity contribution is -0.155. The van der Waals surface area contributed by atoms with Crippen molar-refractivity contribution < 1.29 is 19.7 Å². The third-order valence-corrected chi connectivity index (χ3v) is 2.84. The van der Waals surface area contributed by atoms with Gasteiger partial charge in [0.2, 0.25) is 0 Å². The number of aliphatic hydroxyl groups is 2. The Labute approximate surface area is 110 Å². The normalized spacial score (nSPS) is 14.5. The molecule has 0 saturated carbocycles. The molecule has 0 rings (SSSR count). The Morgan fingerprint density at radius 3 is 2.56 bits per heavy atom. The van der Waals surface area contributed by atoms with Gasteiger partial charge in [-0.2, -0.15) is 11.8 Å². The van der Waals surface area contributed by atoms with Crippen LogP contribution in [-0.4, -0.2) is 52.0 Å². The zero-order valence-electron chi connectivity index (χ0n) is 10.7. The second-order valence-corrected chi connectivity index (χ2v) is 5.70. The average Bonchev–Trinajstić information content (AvgIpc) is 2.25. The van der Waals surface area contributed by atoms with E-state index >= 15 is 0 Å². The molecule has 0 fully saturated rings. The number of ether oxygens (including phenoxy) is 1. The Balaban J connectivity index is 4.30. The molecule has 18 heavy (non-hydrogen) atoms. The molecule has 0 unspecified atom stereocenters. The molecule has 0 radical (unpaired) electrons. The van der Waals surface area contributed by atoms with Crippen molar-refractivity contribution in [3.63, 3.8) is 0 Å². The Bertz CT molecular complexity index is 313. The van der Waals surface area contributed by atoms with Gasteiger partial charge in [-0.3, -0.25) is 4.79 Å². The highest BCUT2D eigenvalue weighted by molar-refractivity contribution is 7.99. The van der Waals surface area contributed by atoms with E-state index in [0.29, 0.717) is 0 Å². The van der Waals surface area contributed by atoms with Crippen molar-refractivity contribution in [2.75, 3.05) is 18.1 Å². The summed E-state index contributed by atoms with van der Waals surface area (Å²) in [5, 5.41) is 21.1. The van der Waals surface area contributed by atoms with Crippen LogP contribution < -0.4 is 0 Å². The summed E-state index contributed by atoms with van der Waals surface area (Å²) in [5.41, 5.74) is 7.75. The predicted molar refractivity (Wildman–Crippen MR) is 69.2 cm³/mol. The van der Waals surface area contributed by atoms with Gasteiger partial charge in [-0.25, -0.2) is 0 Å². The highest BCUT2D eigenvalue weighted by Crippen LogP contribution is 2.14. The third-order valence-electron chi connectivity index (χ3n) is 1.67. The maximum Gasteiger partial charge on any atom is 0.316 e. The maximum atomic E-state index is 11.7. The quantitative estimate of drug-likeness (QED) is 0.313. The van der Waals surface area contributed by atoms with E-state index in [0.717, 1.165) is 0 Å². The number of nitrogens with zero attached hydrogens (tertiary/aromatic N) is 3. The van der Waals surface area contributed by atoms with Crippen LogP contribution in [-0.2, 0) is 9.53 Å². The zero-order chi connectivity index (χ0) is 14.2. The molecule has 0 aromatic carbocycles. The molecule has 0 bridgehead atoms. The van der Waals surface area contributed by atoms with Crippen LogP contribution in [0.25, 0.3) is 10.4 Å². The van der Waals surface area contributed by atoms with Crippen LogP contribution in [0.15, 0.2) is 5.11 Å². The summed E-state index contributed by atoms with van der Waals surface area (Å²) in [4.78, 5) is 14.3. The van der Waals surface area contributed by atoms with Crippen LogP contribution in [0.5, 0.6) is 0 Å². The molecule has 0 aromatic heterocycles. The van der Waals surface area contributed by atoms with E-state index in [1.54, 1.807) is 20.8 Å². The van der Waals surface area contributed by atoms with Gasteiger partial charge >= 0.3 is 5.97 Å². The number of carbonyl (C=O) groups excluding carboxylic acids is 1. The van der Waals surface area contributed by atoms with E-state index in [-0.39, 0.29) is 18.1 Å². The zero-order valence-corrected chi connectivity index (χ0v) is 11.6. The largest absolute Gasteiger partial charge is 0.460 e. The molecule has 0 heterocycles. The number of thioether (sulfide) groups is 1. The summed E-state index contributed by atoms with van der Waals surface area (Å²) in [6.07, 6.45) is -0.847. The SMILES string of the molecule is CC(C)(C)OC(=O)[C@H](CSC[C@@H](O)CO)N=[N+]=[N-]. The van der Waals surface area contributed by atoms with Crippen LogP contribution in [0.2, 0.25) is 0 Å². The molecule has 0 aromatic rings. The lowest BCUT2D eigenvalue weighted by Crippen LogP contribution is -2.32. The molecule has 0 aliphatic carbocycles. The highest BCUT2D eigenvalue weighted by atomic mass is 32.2. The van der Waals surface area contributed by atoms with Crippen LogP contribution in [0.3, 0.4) is 0 Å². The van der Waals surface area contributed by atoms with Gasteiger partial charge in [0.15, 0.2) is 0 Å². The first-order valence-electron chi connectivity index (χ1n) is 5.44. The van der Waals surface area contributed by atoms with Gasteiger partial charge < -0.3 is 14.9 Å². The van der Waals surface area contributed by atoms with Crippen molar-refractivity contribution >= 4 is 17.7 Å². The van der Waals surface area contributed by atoms with Crippen LogP contribution >= 0.6 is 11.8 Å². The van der Waals surface area contributed by atoms with E-state index in [4.69, 9.17) is 20.5 Å². The molecular formula is C10H19N3O4S. The third kappa shape index (κ3) is 8.19. The van der Waals surface area contributed by atoms with Crippen molar-refractivity contribution in [1.82, 2.24) is 0 Å². The number of hydrogen-bond donors (Lipinski definition) is 2. The fraction of sp³-hybridized carbons (Fsp3) is 0.900. The average molecular weight is 277 g/mol. The smallest absolute Gasteiger partial charge is 0.316 e. The highest BCUT2D eigenvalue weighted by Gasteiger charge is 2.24. The predicted octanol–water partition coefficient (Wildman–Crippen LogP) is 1.09. The number of aliphatic hydroxyl groups excluding tert-OH is 2. The first-order valence-corrected chi connectivity index (χ1v) is 6.59. The van der Waals surface area contributed by atoms with Crippen LogP contribution in [0, 0.1) is 0 Å². The molecule has 0 saturated heterocycles. The van der Waals surface area contributed by atoms with E-state index in [1.807, 2.05) is 0 Å². The second-order valence-electron chi connectivity index (χ2n) is 4.63. The molecule has 2 N–H and O–H groups in total. The van der Waals surface area contributed by atoms with Gasteiger partial charge in [-0.05, 0) is 26.3 Å². The molecule has 0 amide bonds. The van der Waals surface area contributed by atoms with Gasteiger partial charge in [0, 0.05) is 16.4 Å². The van der Waals surface area contributed by atoms with Crippen molar-refractivity contribution in [3.8, 4) is 0 Å². The molecule has 0 spiro atoms. The standard InChI is InChI=1S/C10H19N3O4S/c1-10(2,3)17-9(16)8(12-13-11)6-18-5-7(15)4-14/h7-8,14-15H,4-6H2,1-3H3/t7-,8-/m0/s1. The van der Waals surface area contributed by atoms with E-state index in [2.05, 4.69) is 10.0 Å². The Morgan fingerprint density at radius 2 is 2.11 bits per heavy atom. The van der Waals surface area contributed by atoms with Crippen LogP contribution in [0.4, 0.5) is 0 Å². The van der Waals surface area contributed by atoms with E-state index in [1.165, 1.54) is 11.8 Å². The summed E-state index contributed by atoms with van der Waals surface area (Å²) in [6.45, 7) is 4.83. The molecule has 0 aliphatic rings. The fourth-order valence-corrected chi connectivity index (χ4v) is 1.89. The summed E-state index contributed by atoms with van der Waals surface area (Å²) < 4.78 is 5.11. The first-order chi connectivity index (χ1) is 8.30. The lowest BCUT2D eigenvalue weighted by atomic mass is 10.2. The molecule has 0 aliphatic heterocycles. The van der Waals surface area contributed by atoms with Crippen molar-refractivity contribution in [2.45, 2.75) is 38.5 Å². The van der Waals surface area contributed by atoms with Crippen molar-refractivity contribution in [3.05, 3.63) is 10.4 Å². The van der Waals surface area contributed by atoms with Crippen molar-refractivity contribution in [1.29, 1.82) is 0 Å². The van der Waals surface area contributed by atoms with Crippen molar-refractivity contribution in [2.24, 2.45) is 5.11 Å². The summed E-state index contributed by atoms with van der Waals surface area (Å²) in [7, 11) is 0. The number of esters is 1. The van der Waals surface area contributed by atoms with Gasteiger partial charge in [-0.1, -0.05) is 5.11 Å². The minimum Gasteiger partial charge on any atom is -0.460 e.